The van der Waals surface area contributed by atoms with Crippen molar-refractivity contribution in [3.05, 3.63) is 45.0 Å². The Kier molecular flexibility index (Phi) is 6.04. The van der Waals surface area contributed by atoms with Crippen LogP contribution in [0.15, 0.2) is 12.1 Å². The molecule has 0 spiro atoms. The molecule has 29 heavy (non-hydrogen) atoms. The van der Waals surface area contributed by atoms with Crippen LogP contribution in [0.3, 0.4) is 0 Å². The summed E-state index contributed by atoms with van der Waals surface area (Å²) in [6.45, 7) is 5.34. The number of hydrogen-bond acceptors (Lipinski definition) is 7. The smallest absolute Gasteiger partial charge is 0.293 e. The van der Waals surface area contributed by atoms with Crippen LogP contribution in [0, 0.1) is 17.0 Å². The van der Waals surface area contributed by atoms with Crippen LogP contribution < -0.4 is 11.1 Å². The Morgan fingerprint density at radius 3 is 2.69 bits per heavy atom. The number of hydrogen-bond donors (Lipinski definition) is 2. The summed E-state index contributed by atoms with van der Waals surface area (Å²) < 4.78 is 2.18. The molecule has 1 fully saturated rings. The van der Waals surface area contributed by atoms with Crippen LogP contribution >= 0.6 is 12.4 Å². The van der Waals surface area contributed by atoms with Gasteiger partial charge >= 0.3 is 0 Å². The first-order chi connectivity index (χ1) is 13.5. The maximum Gasteiger partial charge on any atom is 0.293 e. The second kappa shape index (κ2) is 8.34. The van der Waals surface area contributed by atoms with Crippen LogP contribution in [0.5, 0.6) is 0 Å². The first-order valence-electron chi connectivity index (χ1n) is 9.42. The average molecular weight is 422 g/mol. The van der Waals surface area contributed by atoms with Crippen molar-refractivity contribution in [1.29, 1.82) is 0 Å². The number of fused-ring (bicyclic) bond motifs is 1. The molecule has 0 saturated carbocycles. The molecule has 0 aliphatic carbocycles. The fourth-order valence-electron chi connectivity index (χ4n) is 4.03. The van der Waals surface area contributed by atoms with Crippen LogP contribution in [0.1, 0.15) is 46.3 Å². The van der Waals surface area contributed by atoms with Gasteiger partial charge in [-0.3, -0.25) is 14.9 Å². The molecule has 2 aromatic rings. The third-order valence-corrected chi connectivity index (χ3v) is 5.53. The zero-order chi connectivity index (χ0) is 19.8. The van der Waals surface area contributed by atoms with Crippen LogP contribution in [0.4, 0.5) is 11.4 Å². The summed E-state index contributed by atoms with van der Waals surface area (Å²) >= 11 is 0. The fourth-order valence-corrected chi connectivity index (χ4v) is 4.03. The molecule has 0 unspecified atom stereocenters. The van der Waals surface area contributed by atoms with Gasteiger partial charge in [0.05, 0.1) is 17.0 Å². The van der Waals surface area contributed by atoms with Crippen molar-refractivity contribution in [2.24, 2.45) is 0 Å². The number of nitrogens with two attached hydrogens (primary N) is 1. The number of nitrogen functional groups attached to an aromatic ring is 1. The third-order valence-electron chi connectivity index (χ3n) is 5.53. The molecule has 2 aliphatic rings. The number of halogens is 1. The molecule has 156 valence electrons. The number of amides is 1. The topological polar surface area (TPSA) is 132 Å². The van der Waals surface area contributed by atoms with E-state index in [1.807, 2.05) is 0 Å². The van der Waals surface area contributed by atoms with E-state index in [2.05, 4.69) is 20.1 Å². The van der Waals surface area contributed by atoms with Crippen molar-refractivity contribution in [3.8, 4) is 0 Å². The number of benzene rings is 1. The Balaban J connectivity index is 0.00000240. The molecule has 2 aliphatic heterocycles. The molecule has 3 heterocycles. The predicted octanol–water partition coefficient (Wildman–Crippen LogP) is 1.62. The molecule has 1 aromatic heterocycles. The molecule has 10 nitrogen and oxygen atoms in total. The van der Waals surface area contributed by atoms with E-state index in [4.69, 9.17) is 5.73 Å². The second-order valence-electron chi connectivity index (χ2n) is 7.37. The maximum atomic E-state index is 13.0. The van der Waals surface area contributed by atoms with Crippen molar-refractivity contribution >= 4 is 29.7 Å². The van der Waals surface area contributed by atoms with E-state index in [0.29, 0.717) is 18.7 Å². The summed E-state index contributed by atoms with van der Waals surface area (Å²) in [5.41, 5.74) is 6.48. The number of carbonyl (C=O) groups excluding carboxylic acids is 1. The number of nitro groups is 1. The summed E-state index contributed by atoms with van der Waals surface area (Å²) in [6, 6.07) is 3.01. The van der Waals surface area contributed by atoms with Gasteiger partial charge in [-0.15, -0.1) is 22.6 Å². The number of nitro benzene ring substituents is 1. The molecule has 11 heteroatoms. The first kappa shape index (κ1) is 21.0. The highest BCUT2D eigenvalue weighted by Gasteiger charge is 2.31. The van der Waals surface area contributed by atoms with Gasteiger partial charge in [-0.25, -0.2) is 0 Å². The lowest BCUT2D eigenvalue weighted by Gasteiger charge is -2.32. The number of carbonyl (C=O) groups is 1. The number of piperidine rings is 1. The standard InChI is InChI=1S/C18H23N7O3.ClH/c1-11-8-13(16(19)14(9-11)25(27)28)18(26)23-5-2-12(3-6-23)17-22-21-15-10-20-4-7-24(15)17;/h8-9,12,20H,2-7,10,19H2,1H3;1H. The van der Waals surface area contributed by atoms with Crippen molar-refractivity contribution in [3.63, 3.8) is 0 Å². The monoisotopic (exact) mass is 421 g/mol. The number of anilines is 1. The van der Waals surface area contributed by atoms with Crippen LogP contribution in [-0.4, -0.2) is 50.1 Å². The minimum atomic E-state index is -0.547. The van der Waals surface area contributed by atoms with Gasteiger partial charge in [0.1, 0.15) is 17.3 Å². The number of nitrogens with zero attached hydrogens (tertiary/aromatic N) is 5. The van der Waals surface area contributed by atoms with Gasteiger partial charge in [0.25, 0.3) is 11.6 Å². The number of aromatic nitrogens is 3. The van der Waals surface area contributed by atoms with E-state index in [-0.39, 0.29) is 41.2 Å². The minimum absolute atomic E-state index is 0. The largest absolute Gasteiger partial charge is 0.393 e. The van der Waals surface area contributed by atoms with E-state index < -0.39 is 4.92 Å². The summed E-state index contributed by atoms with van der Waals surface area (Å²) in [5.74, 6) is 1.96. The van der Waals surface area contributed by atoms with Gasteiger partial charge in [0.15, 0.2) is 0 Å². The molecule has 3 N–H and O–H groups in total. The number of likely N-dealkylation sites (tertiary alicyclic amines) is 1. The SMILES string of the molecule is Cc1cc(C(=O)N2CCC(c3nnc4n3CCNC4)CC2)c(N)c([N+](=O)[O-])c1.Cl. The van der Waals surface area contributed by atoms with Crippen molar-refractivity contribution in [1.82, 2.24) is 25.0 Å². The summed E-state index contributed by atoms with van der Waals surface area (Å²) in [7, 11) is 0. The summed E-state index contributed by atoms with van der Waals surface area (Å²) in [6.07, 6.45) is 1.57. The molecule has 0 radical (unpaired) electrons. The molecule has 1 amide bonds. The highest BCUT2D eigenvalue weighted by Crippen LogP contribution is 2.31. The van der Waals surface area contributed by atoms with Gasteiger partial charge in [-0.1, -0.05) is 0 Å². The number of rotatable bonds is 3. The molecule has 4 rings (SSSR count). The normalized spacial score (nSPS) is 16.8. The highest BCUT2D eigenvalue weighted by molar-refractivity contribution is 6.01. The Morgan fingerprint density at radius 1 is 1.28 bits per heavy atom. The maximum absolute atomic E-state index is 13.0. The molecule has 0 bridgehead atoms. The number of nitrogens with one attached hydrogen (secondary N) is 1. The lowest BCUT2D eigenvalue weighted by atomic mass is 9.95. The Bertz CT molecular complexity index is 938. The van der Waals surface area contributed by atoms with E-state index in [0.717, 1.165) is 44.1 Å². The molecule has 1 saturated heterocycles. The highest BCUT2D eigenvalue weighted by atomic mass is 35.5. The molecular formula is C18H24ClN7O3. The quantitative estimate of drug-likeness (QED) is 0.437. The van der Waals surface area contributed by atoms with Gasteiger partial charge in [-0.05, 0) is 31.4 Å². The van der Waals surface area contributed by atoms with E-state index in [9.17, 15) is 14.9 Å². The van der Waals surface area contributed by atoms with Crippen LogP contribution in [0.2, 0.25) is 0 Å². The zero-order valence-corrected chi connectivity index (χ0v) is 16.9. The van der Waals surface area contributed by atoms with Gasteiger partial charge in [0, 0.05) is 38.2 Å². The van der Waals surface area contributed by atoms with Gasteiger partial charge in [-0.2, -0.15) is 0 Å². The lowest BCUT2D eigenvalue weighted by Crippen LogP contribution is -2.39. The van der Waals surface area contributed by atoms with Crippen LogP contribution in [-0.2, 0) is 13.1 Å². The Hall–Kier alpha value is -2.72. The molecule has 0 atom stereocenters. The van der Waals surface area contributed by atoms with E-state index in [1.165, 1.54) is 6.07 Å². The molecular weight excluding hydrogens is 398 g/mol. The Morgan fingerprint density at radius 2 is 2.00 bits per heavy atom. The zero-order valence-electron chi connectivity index (χ0n) is 16.1. The Labute approximate surface area is 174 Å². The second-order valence-corrected chi connectivity index (χ2v) is 7.37. The van der Waals surface area contributed by atoms with E-state index >= 15 is 0 Å². The summed E-state index contributed by atoms with van der Waals surface area (Å²) in [4.78, 5) is 25.3. The lowest BCUT2D eigenvalue weighted by molar-refractivity contribution is -0.384. The third kappa shape index (κ3) is 3.90. The van der Waals surface area contributed by atoms with E-state index in [1.54, 1.807) is 17.9 Å². The van der Waals surface area contributed by atoms with Crippen LogP contribution in [0.25, 0.3) is 0 Å². The minimum Gasteiger partial charge on any atom is -0.393 e. The first-order valence-corrected chi connectivity index (χ1v) is 9.42. The summed E-state index contributed by atoms with van der Waals surface area (Å²) in [5, 5.41) is 23.1. The average Bonchev–Trinajstić information content (AvgIpc) is 3.13. The molecule has 1 aromatic carbocycles. The van der Waals surface area contributed by atoms with Crippen molar-refractivity contribution in [2.45, 2.75) is 38.8 Å². The van der Waals surface area contributed by atoms with Crippen molar-refractivity contribution in [2.75, 3.05) is 25.4 Å². The van der Waals surface area contributed by atoms with Gasteiger partial charge < -0.3 is 20.5 Å². The van der Waals surface area contributed by atoms with Crippen molar-refractivity contribution < 1.29 is 9.72 Å². The fraction of sp³-hybridized carbons (Fsp3) is 0.500. The van der Waals surface area contributed by atoms with Gasteiger partial charge in [0.2, 0.25) is 0 Å². The number of aryl methyl sites for hydroxylation is 1. The predicted molar refractivity (Wildman–Crippen MR) is 109 cm³/mol.